The molecule has 1 aliphatic rings. The monoisotopic (exact) mass is 365 g/mol. The van der Waals surface area contributed by atoms with Crippen molar-refractivity contribution in [3.8, 4) is 0 Å². The summed E-state index contributed by atoms with van der Waals surface area (Å²) in [5.74, 6) is 1.78. The van der Waals surface area contributed by atoms with E-state index in [1.807, 2.05) is 12.1 Å². The SMILES string of the molecule is Cc1cccc2nc(CN3CCC(CCc4ccc(F)cc4)CC3)n(C)c12. The van der Waals surface area contributed by atoms with Crippen molar-refractivity contribution < 1.29 is 4.39 Å². The molecule has 0 atom stereocenters. The van der Waals surface area contributed by atoms with Crippen LogP contribution in [0.2, 0.25) is 0 Å². The molecule has 27 heavy (non-hydrogen) atoms. The number of fused-ring (bicyclic) bond motifs is 1. The van der Waals surface area contributed by atoms with Gasteiger partial charge in [0, 0.05) is 7.05 Å². The topological polar surface area (TPSA) is 21.1 Å². The zero-order chi connectivity index (χ0) is 18.8. The van der Waals surface area contributed by atoms with Gasteiger partial charge in [-0.15, -0.1) is 0 Å². The van der Waals surface area contributed by atoms with Crippen molar-refractivity contribution in [2.24, 2.45) is 13.0 Å². The molecule has 1 aliphatic heterocycles. The Kier molecular flexibility index (Phi) is 5.26. The number of benzene rings is 2. The predicted octanol–water partition coefficient (Wildman–Crippen LogP) is 4.87. The molecule has 1 fully saturated rings. The molecule has 0 bridgehead atoms. The highest BCUT2D eigenvalue weighted by molar-refractivity contribution is 5.79. The van der Waals surface area contributed by atoms with Crippen LogP contribution < -0.4 is 0 Å². The summed E-state index contributed by atoms with van der Waals surface area (Å²) in [7, 11) is 2.13. The lowest BCUT2D eigenvalue weighted by Gasteiger charge is -2.31. The fourth-order valence-electron chi connectivity index (χ4n) is 4.31. The second kappa shape index (κ2) is 7.81. The van der Waals surface area contributed by atoms with E-state index in [2.05, 4.69) is 41.6 Å². The summed E-state index contributed by atoms with van der Waals surface area (Å²) < 4.78 is 15.3. The first kappa shape index (κ1) is 18.2. The van der Waals surface area contributed by atoms with E-state index in [-0.39, 0.29) is 5.82 Å². The Morgan fingerprint density at radius 1 is 1.07 bits per heavy atom. The fourth-order valence-corrected chi connectivity index (χ4v) is 4.31. The van der Waals surface area contributed by atoms with Gasteiger partial charge in [0.15, 0.2) is 0 Å². The van der Waals surface area contributed by atoms with E-state index in [9.17, 15) is 4.39 Å². The molecule has 3 aromatic rings. The zero-order valence-corrected chi connectivity index (χ0v) is 16.3. The van der Waals surface area contributed by atoms with E-state index in [0.717, 1.165) is 43.3 Å². The van der Waals surface area contributed by atoms with Gasteiger partial charge < -0.3 is 4.57 Å². The summed E-state index contributed by atoms with van der Waals surface area (Å²) >= 11 is 0. The number of aromatic nitrogens is 2. The lowest BCUT2D eigenvalue weighted by Crippen LogP contribution is -2.34. The van der Waals surface area contributed by atoms with Crippen molar-refractivity contribution in [3.63, 3.8) is 0 Å². The Morgan fingerprint density at radius 3 is 2.52 bits per heavy atom. The highest BCUT2D eigenvalue weighted by Crippen LogP contribution is 2.25. The van der Waals surface area contributed by atoms with Gasteiger partial charge in [-0.25, -0.2) is 9.37 Å². The molecule has 0 N–H and O–H groups in total. The molecule has 0 amide bonds. The van der Waals surface area contributed by atoms with E-state index < -0.39 is 0 Å². The maximum atomic E-state index is 13.0. The van der Waals surface area contributed by atoms with Gasteiger partial charge in [-0.1, -0.05) is 24.3 Å². The number of rotatable bonds is 5. The molecule has 2 heterocycles. The van der Waals surface area contributed by atoms with E-state index in [4.69, 9.17) is 4.98 Å². The third kappa shape index (κ3) is 4.06. The van der Waals surface area contributed by atoms with Crippen molar-refractivity contribution in [1.29, 1.82) is 0 Å². The number of halogens is 1. The first-order valence-corrected chi connectivity index (χ1v) is 9.98. The van der Waals surface area contributed by atoms with E-state index in [1.54, 1.807) is 12.1 Å². The number of likely N-dealkylation sites (tertiary alicyclic amines) is 1. The van der Waals surface area contributed by atoms with Gasteiger partial charge in [-0.05, 0) is 80.9 Å². The van der Waals surface area contributed by atoms with Crippen molar-refractivity contribution >= 4 is 11.0 Å². The molecule has 4 rings (SSSR count). The maximum Gasteiger partial charge on any atom is 0.123 e. The van der Waals surface area contributed by atoms with Gasteiger partial charge in [0.25, 0.3) is 0 Å². The Labute approximate surface area is 160 Å². The van der Waals surface area contributed by atoms with Crippen LogP contribution in [0, 0.1) is 18.7 Å². The fraction of sp³-hybridized carbons (Fsp3) is 0.435. The van der Waals surface area contributed by atoms with E-state index in [1.165, 1.54) is 35.9 Å². The minimum Gasteiger partial charge on any atom is -0.330 e. The molecule has 2 aromatic carbocycles. The molecule has 0 unspecified atom stereocenters. The number of piperidine rings is 1. The number of hydrogen-bond acceptors (Lipinski definition) is 2. The van der Waals surface area contributed by atoms with Gasteiger partial charge in [-0.2, -0.15) is 0 Å². The van der Waals surface area contributed by atoms with Crippen LogP contribution in [-0.2, 0) is 20.0 Å². The van der Waals surface area contributed by atoms with Crippen LogP contribution in [-0.4, -0.2) is 27.5 Å². The normalized spacial score (nSPS) is 16.3. The van der Waals surface area contributed by atoms with Crippen LogP contribution >= 0.6 is 0 Å². The van der Waals surface area contributed by atoms with Crippen molar-refractivity contribution in [2.45, 2.75) is 39.2 Å². The van der Waals surface area contributed by atoms with Gasteiger partial charge in [0.05, 0.1) is 17.6 Å². The number of aryl methyl sites for hydroxylation is 3. The largest absolute Gasteiger partial charge is 0.330 e. The number of para-hydroxylation sites is 1. The highest BCUT2D eigenvalue weighted by atomic mass is 19.1. The predicted molar refractivity (Wildman–Crippen MR) is 108 cm³/mol. The first-order valence-electron chi connectivity index (χ1n) is 9.98. The Hall–Kier alpha value is -2.20. The molecule has 1 saturated heterocycles. The molecule has 142 valence electrons. The molecule has 0 spiro atoms. The molecular formula is C23H28FN3. The summed E-state index contributed by atoms with van der Waals surface area (Å²) in [6, 6.07) is 13.3. The molecular weight excluding hydrogens is 337 g/mol. The summed E-state index contributed by atoms with van der Waals surface area (Å²) in [5.41, 5.74) is 4.88. The zero-order valence-electron chi connectivity index (χ0n) is 16.3. The average molecular weight is 365 g/mol. The van der Waals surface area contributed by atoms with Gasteiger partial charge >= 0.3 is 0 Å². The molecule has 1 aromatic heterocycles. The Bertz CT molecular complexity index is 905. The van der Waals surface area contributed by atoms with Crippen LogP contribution in [0.3, 0.4) is 0 Å². The lowest BCUT2D eigenvalue weighted by atomic mass is 9.90. The molecule has 0 radical (unpaired) electrons. The van der Waals surface area contributed by atoms with Crippen LogP contribution in [0.5, 0.6) is 0 Å². The van der Waals surface area contributed by atoms with E-state index in [0.29, 0.717) is 0 Å². The second-order valence-corrected chi connectivity index (χ2v) is 7.91. The number of imidazole rings is 1. The van der Waals surface area contributed by atoms with E-state index >= 15 is 0 Å². The van der Waals surface area contributed by atoms with Crippen molar-refractivity contribution in [2.75, 3.05) is 13.1 Å². The molecule has 0 saturated carbocycles. The first-order chi connectivity index (χ1) is 13.1. The minimum atomic E-state index is -0.149. The van der Waals surface area contributed by atoms with Crippen LogP contribution in [0.4, 0.5) is 4.39 Å². The second-order valence-electron chi connectivity index (χ2n) is 7.91. The average Bonchev–Trinajstić information content (AvgIpc) is 2.99. The summed E-state index contributed by atoms with van der Waals surface area (Å²) in [5, 5.41) is 0. The molecule has 4 heteroatoms. The smallest absolute Gasteiger partial charge is 0.123 e. The Morgan fingerprint density at radius 2 is 1.81 bits per heavy atom. The van der Waals surface area contributed by atoms with Gasteiger partial charge in [0.1, 0.15) is 11.6 Å². The lowest BCUT2D eigenvalue weighted by molar-refractivity contribution is 0.168. The maximum absolute atomic E-state index is 13.0. The van der Waals surface area contributed by atoms with Gasteiger partial charge in [0.2, 0.25) is 0 Å². The Balaban J connectivity index is 1.31. The minimum absolute atomic E-state index is 0.149. The quantitative estimate of drug-likeness (QED) is 0.643. The summed E-state index contributed by atoms with van der Waals surface area (Å²) in [4.78, 5) is 7.39. The van der Waals surface area contributed by atoms with Crippen molar-refractivity contribution in [1.82, 2.24) is 14.5 Å². The summed E-state index contributed by atoms with van der Waals surface area (Å²) in [6.45, 7) is 5.35. The van der Waals surface area contributed by atoms with Crippen LogP contribution in [0.25, 0.3) is 11.0 Å². The highest BCUT2D eigenvalue weighted by Gasteiger charge is 2.21. The number of hydrogen-bond donors (Lipinski definition) is 0. The third-order valence-electron chi connectivity index (χ3n) is 6.02. The number of nitrogens with zero attached hydrogens (tertiary/aromatic N) is 3. The third-order valence-corrected chi connectivity index (χ3v) is 6.02. The van der Waals surface area contributed by atoms with Gasteiger partial charge in [-0.3, -0.25) is 4.90 Å². The van der Waals surface area contributed by atoms with Crippen molar-refractivity contribution in [3.05, 3.63) is 65.2 Å². The summed E-state index contributed by atoms with van der Waals surface area (Å²) in [6.07, 6.45) is 4.73. The standard InChI is InChI=1S/C23H28FN3/c1-17-4-3-5-21-23(17)26(2)22(25-21)16-27-14-12-19(13-15-27)7-6-18-8-10-20(24)11-9-18/h3-5,8-11,19H,6-7,12-16H2,1-2H3. The molecule has 3 nitrogen and oxygen atoms in total. The van der Waals surface area contributed by atoms with Crippen LogP contribution in [0.1, 0.15) is 36.2 Å². The van der Waals surface area contributed by atoms with Crippen LogP contribution in [0.15, 0.2) is 42.5 Å². The molecule has 0 aliphatic carbocycles.